The summed E-state index contributed by atoms with van der Waals surface area (Å²) in [6, 6.07) is 31.9. The molecule has 39 heavy (non-hydrogen) atoms. The van der Waals surface area contributed by atoms with Gasteiger partial charge in [-0.1, -0.05) is 67.4 Å². The molecule has 0 aliphatic heterocycles. The van der Waals surface area contributed by atoms with Gasteiger partial charge in [0.05, 0.1) is 13.0 Å². The van der Waals surface area contributed by atoms with Gasteiger partial charge >= 0.3 is 0 Å². The van der Waals surface area contributed by atoms with Gasteiger partial charge in [0.2, 0.25) is 11.8 Å². The number of halogens is 1. The number of rotatable bonds is 12. The van der Waals surface area contributed by atoms with E-state index < -0.39 is 5.25 Å². The van der Waals surface area contributed by atoms with Crippen molar-refractivity contribution in [3.63, 3.8) is 0 Å². The maximum absolute atomic E-state index is 13.4. The molecule has 0 heterocycles. The minimum absolute atomic E-state index is 0.110. The van der Waals surface area contributed by atoms with E-state index in [1.54, 1.807) is 12.1 Å². The number of hydrogen-bond donors (Lipinski definition) is 2. The molecule has 5 nitrogen and oxygen atoms in total. The van der Waals surface area contributed by atoms with Gasteiger partial charge in [-0.15, -0.1) is 11.8 Å². The Morgan fingerprint density at radius 3 is 2.13 bits per heavy atom. The van der Waals surface area contributed by atoms with Crippen LogP contribution in [0.4, 0.5) is 11.4 Å². The Hall–Kier alpha value is -3.74. The van der Waals surface area contributed by atoms with Gasteiger partial charge in [-0.05, 0) is 78.2 Å². The van der Waals surface area contributed by atoms with Crippen molar-refractivity contribution in [2.45, 2.75) is 36.3 Å². The fraction of sp³-hybridized carbons (Fsp3) is 0.188. The summed E-state index contributed by atoms with van der Waals surface area (Å²) in [6.07, 6.45) is 2.34. The lowest BCUT2D eigenvalue weighted by Gasteiger charge is -2.18. The topological polar surface area (TPSA) is 67.4 Å². The van der Waals surface area contributed by atoms with E-state index in [2.05, 4.69) is 17.6 Å². The SMILES string of the molecule is CCCCOc1ccc(NC(=O)C(Sc2ccc(NC(=O)Cc3ccc(Cl)cc3)cc2)c2ccccc2)cc1. The molecule has 4 aromatic carbocycles. The minimum atomic E-state index is -0.461. The van der Waals surface area contributed by atoms with Crippen molar-refractivity contribution < 1.29 is 14.3 Å². The van der Waals surface area contributed by atoms with Crippen molar-refractivity contribution in [2.75, 3.05) is 17.2 Å². The van der Waals surface area contributed by atoms with Crippen LogP contribution in [0.25, 0.3) is 0 Å². The summed E-state index contributed by atoms with van der Waals surface area (Å²) in [5.41, 5.74) is 3.20. The zero-order valence-electron chi connectivity index (χ0n) is 21.7. The average Bonchev–Trinajstić information content (AvgIpc) is 2.95. The predicted octanol–water partition coefficient (Wildman–Crippen LogP) is 8.17. The number of nitrogens with one attached hydrogen (secondary N) is 2. The number of carbonyl (C=O) groups is 2. The van der Waals surface area contributed by atoms with Gasteiger partial charge in [0.1, 0.15) is 11.0 Å². The smallest absolute Gasteiger partial charge is 0.242 e. The Morgan fingerprint density at radius 1 is 0.821 bits per heavy atom. The van der Waals surface area contributed by atoms with Crippen molar-refractivity contribution in [1.29, 1.82) is 0 Å². The Kier molecular flexibility index (Phi) is 10.5. The van der Waals surface area contributed by atoms with Crippen molar-refractivity contribution in [1.82, 2.24) is 0 Å². The summed E-state index contributed by atoms with van der Waals surface area (Å²) in [5.74, 6) is 0.558. The maximum Gasteiger partial charge on any atom is 0.242 e. The third-order valence-corrected chi connectivity index (χ3v) is 7.42. The van der Waals surface area contributed by atoms with Crippen molar-refractivity contribution >= 4 is 46.6 Å². The summed E-state index contributed by atoms with van der Waals surface area (Å²) >= 11 is 7.38. The molecule has 0 fully saturated rings. The molecule has 2 N–H and O–H groups in total. The van der Waals surface area contributed by atoms with E-state index in [1.807, 2.05) is 91.0 Å². The summed E-state index contributed by atoms with van der Waals surface area (Å²) in [6.45, 7) is 2.81. The normalized spacial score (nSPS) is 11.4. The number of anilines is 2. The van der Waals surface area contributed by atoms with Crippen LogP contribution >= 0.6 is 23.4 Å². The molecule has 0 aliphatic rings. The lowest BCUT2D eigenvalue weighted by atomic mass is 10.1. The highest BCUT2D eigenvalue weighted by molar-refractivity contribution is 8.00. The first-order chi connectivity index (χ1) is 19.0. The molecule has 4 aromatic rings. The molecule has 4 rings (SSSR count). The summed E-state index contributed by atoms with van der Waals surface area (Å²) in [4.78, 5) is 26.8. The number of thioether (sulfide) groups is 1. The zero-order chi connectivity index (χ0) is 27.5. The van der Waals surface area contributed by atoms with Gasteiger partial charge in [-0.25, -0.2) is 0 Å². The van der Waals surface area contributed by atoms with Crippen molar-refractivity contribution in [2.24, 2.45) is 0 Å². The highest BCUT2D eigenvalue weighted by Crippen LogP contribution is 2.37. The third-order valence-electron chi connectivity index (χ3n) is 5.90. The number of ether oxygens (including phenoxy) is 1. The number of benzene rings is 4. The van der Waals surface area contributed by atoms with Crippen LogP contribution in [0.15, 0.2) is 108 Å². The Balaban J connectivity index is 1.39. The molecule has 0 saturated heterocycles. The van der Waals surface area contributed by atoms with Crippen molar-refractivity contribution in [3.8, 4) is 5.75 Å². The summed E-state index contributed by atoms with van der Waals surface area (Å²) in [5, 5.41) is 6.14. The Morgan fingerprint density at radius 2 is 1.46 bits per heavy atom. The second-order valence-corrected chi connectivity index (χ2v) is 10.6. The Labute approximate surface area is 238 Å². The fourth-order valence-electron chi connectivity index (χ4n) is 3.82. The molecular formula is C32H31ClN2O3S. The van der Waals surface area contributed by atoms with Crippen LogP contribution in [0.3, 0.4) is 0 Å². The van der Waals surface area contributed by atoms with Crippen LogP contribution in [-0.2, 0) is 16.0 Å². The maximum atomic E-state index is 13.4. The molecule has 200 valence electrons. The van der Waals surface area contributed by atoms with E-state index in [0.717, 1.165) is 34.6 Å². The van der Waals surface area contributed by atoms with Crippen LogP contribution in [0.1, 0.15) is 36.1 Å². The molecule has 2 amide bonds. The number of hydrogen-bond acceptors (Lipinski definition) is 4. The van der Waals surface area contributed by atoms with Gasteiger partial charge in [0.25, 0.3) is 0 Å². The lowest BCUT2D eigenvalue weighted by molar-refractivity contribution is -0.116. The number of unbranched alkanes of at least 4 members (excludes halogenated alkanes) is 1. The molecule has 1 atom stereocenters. The van der Waals surface area contributed by atoms with E-state index >= 15 is 0 Å². The highest BCUT2D eigenvalue weighted by Gasteiger charge is 2.22. The Bertz CT molecular complexity index is 1350. The molecule has 0 spiro atoms. The third kappa shape index (κ3) is 8.91. The van der Waals surface area contributed by atoms with E-state index in [9.17, 15) is 9.59 Å². The zero-order valence-corrected chi connectivity index (χ0v) is 23.3. The fourth-order valence-corrected chi connectivity index (χ4v) is 4.97. The highest BCUT2D eigenvalue weighted by atomic mass is 35.5. The van der Waals surface area contributed by atoms with Crippen LogP contribution in [0.5, 0.6) is 5.75 Å². The summed E-state index contributed by atoms with van der Waals surface area (Å²) in [7, 11) is 0. The van der Waals surface area contributed by atoms with Gasteiger partial charge in [0.15, 0.2) is 0 Å². The van der Waals surface area contributed by atoms with Crippen LogP contribution in [-0.4, -0.2) is 18.4 Å². The second-order valence-electron chi connectivity index (χ2n) is 9.00. The minimum Gasteiger partial charge on any atom is -0.494 e. The van der Waals surface area contributed by atoms with E-state index in [1.165, 1.54) is 11.8 Å². The first-order valence-electron chi connectivity index (χ1n) is 12.9. The van der Waals surface area contributed by atoms with Gasteiger partial charge in [-0.2, -0.15) is 0 Å². The lowest BCUT2D eigenvalue weighted by Crippen LogP contribution is -2.19. The first kappa shape index (κ1) is 28.3. The molecular weight excluding hydrogens is 528 g/mol. The van der Waals surface area contributed by atoms with Crippen molar-refractivity contribution in [3.05, 3.63) is 119 Å². The monoisotopic (exact) mass is 558 g/mol. The van der Waals surface area contributed by atoms with Gasteiger partial charge in [0, 0.05) is 21.3 Å². The first-order valence-corrected chi connectivity index (χ1v) is 14.2. The second kappa shape index (κ2) is 14.4. The van der Waals surface area contributed by atoms with Crippen LogP contribution in [0.2, 0.25) is 5.02 Å². The molecule has 7 heteroatoms. The molecule has 1 unspecified atom stereocenters. The van der Waals surface area contributed by atoms with E-state index in [-0.39, 0.29) is 18.2 Å². The summed E-state index contributed by atoms with van der Waals surface area (Å²) < 4.78 is 5.72. The van der Waals surface area contributed by atoms with Gasteiger partial charge < -0.3 is 15.4 Å². The quantitative estimate of drug-likeness (QED) is 0.136. The molecule has 0 bridgehead atoms. The van der Waals surface area contributed by atoms with Gasteiger partial charge in [-0.3, -0.25) is 9.59 Å². The number of amides is 2. The standard InChI is InChI=1S/C32H31ClN2O3S/c1-2-3-21-38-28-17-13-27(14-18-28)35-32(37)31(24-7-5-4-6-8-24)39-29-19-15-26(16-20-29)34-30(36)22-23-9-11-25(33)12-10-23/h4-20,31H,2-3,21-22H2,1H3,(H,34,36)(H,35,37). The van der Waals surface area contributed by atoms with Crippen LogP contribution in [0, 0.1) is 0 Å². The predicted molar refractivity (Wildman–Crippen MR) is 161 cm³/mol. The average molecular weight is 559 g/mol. The molecule has 0 radical (unpaired) electrons. The largest absolute Gasteiger partial charge is 0.494 e. The van der Waals surface area contributed by atoms with Crippen LogP contribution < -0.4 is 15.4 Å². The molecule has 0 aromatic heterocycles. The van der Waals surface area contributed by atoms with E-state index in [0.29, 0.717) is 23.0 Å². The van der Waals surface area contributed by atoms with E-state index in [4.69, 9.17) is 16.3 Å². The molecule has 0 saturated carbocycles. The molecule has 0 aliphatic carbocycles. The number of carbonyl (C=O) groups excluding carboxylic acids is 2.